The zero-order chi connectivity index (χ0) is 12.6. The number of hydrogen-bond donors (Lipinski definition) is 0. The Bertz CT molecular complexity index is 595. The molecule has 88 valence electrons. The van der Waals surface area contributed by atoms with Gasteiger partial charge in [0.25, 0.3) is 0 Å². The summed E-state index contributed by atoms with van der Waals surface area (Å²) >= 11 is 3.15. The van der Waals surface area contributed by atoms with Crippen LogP contribution in [-0.4, -0.2) is 16.1 Å². The van der Waals surface area contributed by atoms with Gasteiger partial charge in [0.1, 0.15) is 21.9 Å². The number of benzene rings is 1. The van der Waals surface area contributed by atoms with E-state index in [1.807, 2.05) is 0 Å². The van der Waals surface area contributed by atoms with Crippen LogP contribution in [0.4, 0.5) is 8.78 Å². The van der Waals surface area contributed by atoms with E-state index in [1.165, 1.54) is 4.68 Å². The Morgan fingerprint density at radius 2 is 2.12 bits per heavy atom. The highest BCUT2D eigenvalue weighted by Gasteiger charge is 2.18. The number of hydrogen-bond acceptors (Lipinski definition) is 2. The van der Waals surface area contributed by atoms with Gasteiger partial charge in [0.15, 0.2) is 6.29 Å². The molecule has 0 fully saturated rings. The molecule has 6 heteroatoms. The molecule has 3 nitrogen and oxygen atoms in total. The molecule has 0 bridgehead atoms. The SMILES string of the molecule is Cn1nc(-c2cc(F)ccc2F)c(C=O)c1Br. The van der Waals surface area contributed by atoms with Crippen molar-refractivity contribution in [2.45, 2.75) is 0 Å². The fraction of sp³-hybridized carbons (Fsp3) is 0.0909. The van der Waals surface area contributed by atoms with Crippen molar-refractivity contribution in [1.29, 1.82) is 0 Å². The number of carbonyl (C=O) groups excluding carboxylic acids is 1. The van der Waals surface area contributed by atoms with Crippen molar-refractivity contribution in [3.63, 3.8) is 0 Å². The Morgan fingerprint density at radius 3 is 2.76 bits per heavy atom. The molecule has 0 spiro atoms. The minimum Gasteiger partial charge on any atom is -0.298 e. The molecule has 0 unspecified atom stereocenters. The van der Waals surface area contributed by atoms with Gasteiger partial charge in [0, 0.05) is 12.6 Å². The van der Waals surface area contributed by atoms with Crippen LogP contribution in [0.25, 0.3) is 11.3 Å². The summed E-state index contributed by atoms with van der Waals surface area (Å²) in [5.41, 5.74) is 0.275. The monoisotopic (exact) mass is 300 g/mol. The second-order valence-corrected chi connectivity index (χ2v) is 4.17. The smallest absolute Gasteiger partial charge is 0.155 e. The van der Waals surface area contributed by atoms with Gasteiger partial charge in [-0.2, -0.15) is 5.10 Å². The second-order valence-electron chi connectivity index (χ2n) is 3.42. The van der Waals surface area contributed by atoms with Gasteiger partial charge in [0.2, 0.25) is 0 Å². The Balaban J connectivity index is 2.72. The summed E-state index contributed by atoms with van der Waals surface area (Å²) in [5.74, 6) is -1.21. The second kappa shape index (κ2) is 4.37. The van der Waals surface area contributed by atoms with E-state index in [1.54, 1.807) is 7.05 Å². The third-order valence-electron chi connectivity index (χ3n) is 2.31. The van der Waals surface area contributed by atoms with Gasteiger partial charge in [0.05, 0.1) is 5.56 Å². The van der Waals surface area contributed by atoms with E-state index < -0.39 is 11.6 Å². The molecule has 2 aromatic rings. The first-order valence-corrected chi connectivity index (χ1v) is 5.47. The Morgan fingerprint density at radius 1 is 1.41 bits per heavy atom. The summed E-state index contributed by atoms with van der Waals surface area (Å²) in [6.07, 6.45) is 0.552. The molecule has 1 aromatic carbocycles. The summed E-state index contributed by atoms with van der Waals surface area (Å²) in [6, 6.07) is 3.02. The van der Waals surface area contributed by atoms with E-state index in [0.29, 0.717) is 10.9 Å². The highest BCUT2D eigenvalue weighted by molar-refractivity contribution is 9.10. The normalized spacial score (nSPS) is 10.6. The lowest BCUT2D eigenvalue weighted by molar-refractivity contribution is 0.112. The van der Waals surface area contributed by atoms with Crippen molar-refractivity contribution in [1.82, 2.24) is 9.78 Å². The maximum absolute atomic E-state index is 13.6. The third kappa shape index (κ3) is 2.00. The third-order valence-corrected chi connectivity index (χ3v) is 3.25. The molecular formula is C11H7BrF2N2O. The van der Waals surface area contributed by atoms with Crippen LogP contribution < -0.4 is 0 Å². The molecule has 1 heterocycles. The molecule has 1 aromatic heterocycles. The maximum Gasteiger partial charge on any atom is 0.155 e. The largest absolute Gasteiger partial charge is 0.298 e. The molecule has 0 N–H and O–H groups in total. The van der Waals surface area contributed by atoms with Crippen LogP contribution in [0.1, 0.15) is 10.4 Å². The minimum atomic E-state index is -0.625. The number of nitrogens with zero attached hydrogens (tertiary/aromatic N) is 2. The van der Waals surface area contributed by atoms with E-state index in [4.69, 9.17) is 0 Å². The first-order chi connectivity index (χ1) is 8.04. The van der Waals surface area contributed by atoms with Gasteiger partial charge in [-0.15, -0.1) is 0 Å². The van der Waals surface area contributed by atoms with Crippen LogP contribution in [0.15, 0.2) is 22.8 Å². The molecule has 0 saturated carbocycles. The molecule has 2 rings (SSSR count). The molecule has 0 amide bonds. The predicted molar refractivity (Wildman–Crippen MR) is 61.6 cm³/mol. The molecule has 17 heavy (non-hydrogen) atoms. The number of halogens is 3. The average molecular weight is 301 g/mol. The van der Waals surface area contributed by atoms with Crippen molar-refractivity contribution < 1.29 is 13.6 Å². The van der Waals surface area contributed by atoms with Crippen LogP contribution in [-0.2, 0) is 7.05 Å². The number of rotatable bonds is 2. The Kier molecular flexibility index (Phi) is 3.06. The summed E-state index contributed by atoms with van der Waals surface area (Å²) in [7, 11) is 1.60. The molecule has 0 saturated heterocycles. The zero-order valence-electron chi connectivity index (χ0n) is 8.75. The molecule has 0 atom stereocenters. The number of carbonyl (C=O) groups is 1. The quantitative estimate of drug-likeness (QED) is 0.799. The minimum absolute atomic E-state index is 0.0339. The Labute approximate surface area is 104 Å². The van der Waals surface area contributed by atoms with Crippen LogP contribution in [0.2, 0.25) is 0 Å². The molecule has 0 aliphatic carbocycles. The van der Waals surface area contributed by atoms with Crippen molar-refractivity contribution in [3.8, 4) is 11.3 Å². The highest BCUT2D eigenvalue weighted by atomic mass is 79.9. The molecule has 0 radical (unpaired) electrons. The van der Waals surface area contributed by atoms with E-state index in [2.05, 4.69) is 21.0 Å². The number of aryl methyl sites for hydroxylation is 1. The van der Waals surface area contributed by atoms with Crippen molar-refractivity contribution in [2.75, 3.05) is 0 Å². The Hall–Kier alpha value is -1.56. The van der Waals surface area contributed by atoms with E-state index in [0.717, 1.165) is 18.2 Å². The summed E-state index contributed by atoms with van der Waals surface area (Å²) in [5, 5.41) is 3.99. The first kappa shape index (κ1) is 11.9. The topological polar surface area (TPSA) is 34.9 Å². The first-order valence-electron chi connectivity index (χ1n) is 4.67. The lowest BCUT2D eigenvalue weighted by Gasteiger charge is -2.00. The van der Waals surface area contributed by atoms with Gasteiger partial charge in [-0.3, -0.25) is 9.48 Å². The molecule has 0 aliphatic rings. The van der Waals surface area contributed by atoms with Crippen LogP contribution in [0.5, 0.6) is 0 Å². The summed E-state index contributed by atoms with van der Waals surface area (Å²) in [6.45, 7) is 0. The van der Waals surface area contributed by atoms with Crippen LogP contribution in [0.3, 0.4) is 0 Å². The van der Waals surface area contributed by atoms with Gasteiger partial charge in [-0.25, -0.2) is 8.78 Å². The predicted octanol–water partition coefficient (Wildman–Crippen LogP) is 2.94. The van der Waals surface area contributed by atoms with Gasteiger partial charge in [-0.05, 0) is 34.1 Å². The number of aromatic nitrogens is 2. The highest BCUT2D eigenvalue weighted by Crippen LogP contribution is 2.29. The van der Waals surface area contributed by atoms with E-state index in [-0.39, 0.29) is 16.8 Å². The number of aldehydes is 1. The standard InChI is InChI=1S/C11H7BrF2N2O/c1-16-11(12)8(5-17)10(15-16)7-4-6(13)2-3-9(7)14/h2-5H,1H3. The van der Waals surface area contributed by atoms with Crippen molar-refractivity contribution in [3.05, 3.63) is 40.0 Å². The van der Waals surface area contributed by atoms with E-state index >= 15 is 0 Å². The van der Waals surface area contributed by atoms with Gasteiger partial charge in [-0.1, -0.05) is 0 Å². The van der Waals surface area contributed by atoms with Crippen molar-refractivity contribution >= 4 is 22.2 Å². The molecule has 0 aliphatic heterocycles. The summed E-state index contributed by atoms with van der Waals surface area (Å²) < 4.78 is 28.4. The van der Waals surface area contributed by atoms with Gasteiger partial charge >= 0.3 is 0 Å². The lowest BCUT2D eigenvalue weighted by Crippen LogP contribution is -1.92. The lowest BCUT2D eigenvalue weighted by atomic mass is 10.1. The average Bonchev–Trinajstić information content (AvgIpc) is 2.58. The molecular weight excluding hydrogens is 294 g/mol. The summed E-state index contributed by atoms with van der Waals surface area (Å²) in [4.78, 5) is 10.9. The zero-order valence-corrected chi connectivity index (χ0v) is 10.3. The van der Waals surface area contributed by atoms with Crippen LogP contribution >= 0.6 is 15.9 Å². The van der Waals surface area contributed by atoms with E-state index in [9.17, 15) is 13.6 Å². The fourth-order valence-corrected chi connectivity index (χ4v) is 1.86. The van der Waals surface area contributed by atoms with Gasteiger partial charge < -0.3 is 0 Å². The van der Waals surface area contributed by atoms with Crippen LogP contribution in [0, 0.1) is 11.6 Å². The van der Waals surface area contributed by atoms with Crippen molar-refractivity contribution in [2.24, 2.45) is 7.05 Å². The fourth-order valence-electron chi connectivity index (χ4n) is 1.50. The maximum atomic E-state index is 13.6.